The Kier molecular flexibility index (Phi) is 14.5. The Bertz CT molecular complexity index is 1540. The minimum atomic E-state index is 0. The number of rotatable bonds is 1. The standard InChI is InChI=1S/C21H25.C11H17.C9H10.2ClH.Zr/c1-20(2,3)16-7-9-18-14(12-16)11-15-13-17(21(4,5)6)8-10-19(15)18;1-8-6-9(2)10(7-8)11(3,4)5;1-3-9-6-4-8(2)5-7-9;;;/h7-13H,1-6H3;7-8H,1-5H3;4-7H,1-2H3;2*1H;/q2*-1;;;;+2/p-2. The zero-order chi connectivity index (χ0) is 31.6. The van der Waals surface area contributed by atoms with E-state index in [-0.39, 0.29) is 35.6 Å². The second kappa shape index (κ2) is 15.8. The predicted octanol–water partition coefficient (Wildman–Crippen LogP) is 5.76. The van der Waals surface area contributed by atoms with Crippen LogP contribution in [0.2, 0.25) is 0 Å². The maximum Gasteiger partial charge on any atom is -1.00 e. The fourth-order valence-corrected chi connectivity index (χ4v) is 5.82. The van der Waals surface area contributed by atoms with Crippen molar-refractivity contribution < 1.29 is 49.0 Å². The normalized spacial score (nSPS) is 14.8. The van der Waals surface area contributed by atoms with Crippen LogP contribution in [0.5, 0.6) is 0 Å². The second-order valence-corrected chi connectivity index (χ2v) is 17.0. The molecule has 0 N–H and O–H groups in total. The average molecular weight is 707 g/mol. The van der Waals surface area contributed by atoms with Crippen LogP contribution in [0.1, 0.15) is 105 Å². The fraction of sp³-hybridized carbons (Fsp3) is 0.415. The molecule has 1 unspecified atom stereocenters. The Balaban J connectivity index is 0.000000358. The van der Waals surface area contributed by atoms with Crippen molar-refractivity contribution in [2.75, 3.05) is 0 Å². The summed E-state index contributed by atoms with van der Waals surface area (Å²) in [6, 6.07) is 24.8. The van der Waals surface area contributed by atoms with Gasteiger partial charge in [-0.05, 0) is 10.8 Å². The monoisotopic (exact) mass is 704 g/mol. The van der Waals surface area contributed by atoms with Gasteiger partial charge in [-0.2, -0.15) is 11.6 Å². The van der Waals surface area contributed by atoms with Gasteiger partial charge in [-0.15, -0.1) is 39.7 Å². The van der Waals surface area contributed by atoms with E-state index in [0.717, 1.165) is 0 Å². The molecule has 0 radical (unpaired) electrons. The van der Waals surface area contributed by atoms with Gasteiger partial charge in [-0.3, -0.25) is 6.08 Å². The summed E-state index contributed by atoms with van der Waals surface area (Å²) < 4.78 is 1.46. The molecule has 3 heteroatoms. The Morgan fingerprint density at radius 1 is 0.682 bits per heavy atom. The van der Waals surface area contributed by atoms with Gasteiger partial charge in [0.2, 0.25) is 0 Å². The molecule has 236 valence electrons. The zero-order valence-corrected chi connectivity index (χ0v) is 33.2. The molecule has 0 aliphatic heterocycles. The van der Waals surface area contributed by atoms with E-state index in [0.29, 0.717) is 11.3 Å². The molecule has 0 amide bonds. The van der Waals surface area contributed by atoms with E-state index in [2.05, 4.69) is 169 Å². The van der Waals surface area contributed by atoms with Crippen LogP contribution in [0.15, 0.2) is 84.0 Å². The first-order chi connectivity index (χ1) is 19.3. The van der Waals surface area contributed by atoms with Crippen molar-refractivity contribution in [3.05, 3.63) is 112 Å². The van der Waals surface area contributed by atoms with Crippen LogP contribution in [0.25, 0.3) is 21.5 Å². The first kappa shape index (κ1) is 40.4. The van der Waals surface area contributed by atoms with Gasteiger partial charge in [-0.25, -0.2) is 5.57 Å². The van der Waals surface area contributed by atoms with Gasteiger partial charge in [0.05, 0.1) is 0 Å². The zero-order valence-electron chi connectivity index (χ0n) is 29.3. The van der Waals surface area contributed by atoms with Gasteiger partial charge >= 0.3 is 76.7 Å². The Labute approximate surface area is 296 Å². The molecular weight excluding hydrogens is 655 g/mol. The molecule has 4 aromatic rings. The Morgan fingerprint density at radius 2 is 1.11 bits per heavy atom. The first-order valence-corrected chi connectivity index (χ1v) is 16.6. The van der Waals surface area contributed by atoms with Crippen molar-refractivity contribution in [3.8, 4) is 0 Å². The van der Waals surface area contributed by atoms with Gasteiger partial charge in [0.25, 0.3) is 0 Å². The number of benzene rings is 3. The molecular formula is C41H52Cl2Zr-2. The van der Waals surface area contributed by atoms with Crippen LogP contribution in [-0.2, 0) is 35.1 Å². The molecule has 5 rings (SSSR count). The van der Waals surface area contributed by atoms with Gasteiger partial charge in [0, 0.05) is 0 Å². The summed E-state index contributed by atoms with van der Waals surface area (Å²) in [5, 5.41) is 5.48. The van der Waals surface area contributed by atoms with Crippen LogP contribution in [-0.4, -0.2) is 3.21 Å². The van der Waals surface area contributed by atoms with Crippen LogP contribution in [0.3, 0.4) is 0 Å². The Morgan fingerprint density at radius 3 is 1.41 bits per heavy atom. The smallest absolute Gasteiger partial charge is 1.00 e. The molecule has 44 heavy (non-hydrogen) atoms. The molecule has 1 aliphatic rings. The number of allylic oxidation sites excluding steroid dienone is 4. The van der Waals surface area contributed by atoms with E-state index < -0.39 is 0 Å². The third kappa shape index (κ3) is 10.7. The molecule has 0 bridgehead atoms. The van der Waals surface area contributed by atoms with Crippen molar-refractivity contribution in [1.29, 1.82) is 0 Å². The second-order valence-electron chi connectivity index (χ2n) is 15.1. The van der Waals surface area contributed by atoms with Crippen LogP contribution >= 0.6 is 0 Å². The van der Waals surface area contributed by atoms with Crippen LogP contribution in [0, 0.1) is 24.3 Å². The van der Waals surface area contributed by atoms with Gasteiger partial charge in [0.1, 0.15) is 0 Å². The average Bonchev–Trinajstić information content (AvgIpc) is 3.41. The van der Waals surface area contributed by atoms with Crippen molar-refractivity contribution in [2.45, 2.75) is 101 Å². The van der Waals surface area contributed by atoms with Crippen LogP contribution < -0.4 is 24.8 Å². The summed E-state index contributed by atoms with van der Waals surface area (Å²) in [7, 11) is 0. The van der Waals surface area contributed by atoms with E-state index in [1.54, 1.807) is 0 Å². The molecule has 0 fully saturated rings. The number of halogens is 2. The molecule has 0 aromatic heterocycles. The quantitative estimate of drug-likeness (QED) is 0.221. The number of hydrogen-bond donors (Lipinski definition) is 0. The number of hydrogen-bond acceptors (Lipinski definition) is 0. The summed E-state index contributed by atoms with van der Waals surface area (Å²) in [4.78, 5) is 0. The molecule has 0 spiro atoms. The molecule has 0 nitrogen and oxygen atoms in total. The van der Waals surface area contributed by atoms with E-state index in [1.165, 1.54) is 82.4 Å². The number of fused-ring (bicyclic) bond motifs is 3. The third-order valence-corrected chi connectivity index (χ3v) is 8.70. The first-order valence-electron chi connectivity index (χ1n) is 15.4. The van der Waals surface area contributed by atoms with Crippen molar-refractivity contribution in [3.63, 3.8) is 0 Å². The van der Waals surface area contributed by atoms with Crippen LogP contribution in [0.4, 0.5) is 0 Å². The third-order valence-electron chi connectivity index (χ3n) is 7.99. The molecule has 0 saturated heterocycles. The van der Waals surface area contributed by atoms with E-state index in [9.17, 15) is 0 Å². The van der Waals surface area contributed by atoms with E-state index in [1.807, 2.05) is 0 Å². The maximum atomic E-state index is 3.40. The molecule has 1 atom stereocenters. The largest absolute Gasteiger partial charge is 1.00 e. The van der Waals surface area contributed by atoms with Gasteiger partial charge < -0.3 is 24.8 Å². The fourth-order valence-electron chi connectivity index (χ4n) is 5.41. The van der Waals surface area contributed by atoms with Crippen molar-refractivity contribution >= 4 is 24.8 Å². The van der Waals surface area contributed by atoms with Crippen molar-refractivity contribution in [1.82, 2.24) is 0 Å². The van der Waals surface area contributed by atoms with Gasteiger partial charge in [-0.1, -0.05) is 123 Å². The molecule has 1 aliphatic carbocycles. The minimum Gasteiger partial charge on any atom is -1.00 e. The summed E-state index contributed by atoms with van der Waals surface area (Å²) in [5.41, 5.74) is 9.02. The van der Waals surface area contributed by atoms with Gasteiger partial charge in [0.15, 0.2) is 0 Å². The summed E-state index contributed by atoms with van der Waals surface area (Å²) in [6.07, 6.45) is 5.71. The molecule has 0 heterocycles. The summed E-state index contributed by atoms with van der Waals surface area (Å²) in [6.45, 7) is 29.0. The van der Waals surface area contributed by atoms with Crippen molar-refractivity contribution in [2.24, 2.45) is 11.3 Å². The maximum absolute atomic E-state index is 3.40. The molecule has 0 saturated carbocycles. The van der Waals surface area contributed by atoms with E-state index in [4.69, 9.17) is 0 Å². The molecule has 4 aromatic carbocycles. The summed E-state index contributed by atoms with van der Waals surface area (Å²) >= 11 is 1.51. The number of aryl methyl sites for hydroxylation is 1. The summed E-state index contributed by atoms with van der Waals surface area (Å²) in [5.74, 6) is 0.518. The van der Waals surface area contributed by atoms with E-state index >= 15 is 0 Å². The Hall–Kier alpha value is -1.66. The minimum absolute atomic E-state index is 0. The SMILES string of the molecule is CC(C)(C)c1ccc2c(c1)[cH-]c1cc(C(C)(C)C)ccc12.CC1=[C-]C(C)C=C1C(C)(C)C.C[C](=[Zr+2])c1ccc(C)cc1.[Cl-].[Cl-]. The predicted molar refractivity (Wildman–Crippen MR) is 185 cm³/mol. The topological polar surface area (TPSA) is 0 Å².